The van der Waals surface area contributed by atoms with Gasteiger partial charge in [0.25, 0.3) is 0 Å². The van der Waals surface area contributed by atoms with Crippen molar-refractivity contribution in [3.05, 3.63) is 59.0 Å². The van der Waals surface area contributed by atoms with Gasteiger partial charge in [0.15, 0.2) is 0 Å². The first-order valence-electron chi connectivity index (χ1n) is 6.66. The van der Waals surface area contributed by atoms with E-state index in [1.54, 1.807) is 0 Å². The molecule has 2 N–H and O–H groups in total. The van der Waals surface area contributed by atoms with E-state index in [9.17, 15) is 0 Å². The minimum atomic E-state index is -0.154. The minimum Gasteiger partial charge on any atom is -0.464 e. The fourth-order valence-corrected chi connectivity index (χ4v) is 2.53. The predicted octanol–water partition coefficient (Wildman–Crippen LogP) is 3.90. The summed E-state index contributed by atoms with van der Waals surface area (Å²) in [6, 6.07) is 12.4. The van der Waals surface area contributed by atoms with Gasteiger partial charge < -0.3 is 10.2 Å². The van der Waals surface area contributed by atoms with Crippen LogP contribution in [0.25, 0.3) is 0 Å². The van der Waals surface area contributed by atoms with Gasteiger partial charge in [-0.3, -0.25) is 0 Å². The van der Waals surface area contributed by atoms with Crippen molar-refractivity contribution in [2.24, 2.45) is 5.73 Å². The van der Waals surface area contributed by atoms with Crippen LogP contribution in [0.1, 0.15) is 53.9 Å². The second kappa shape index (κ2) is 4.62. The third-order valence-corrected chi connectivity index (χ3v) is 3.91. The highest BCUT2D eigenvalue weighted by atomic mass is 16.3. The van der Waals surface area contributed by atoms with Crippen molar-refractivity contribution >= 4 is 0 Å². The quantitative estimate of drug-likeness (QED) is 0.885. The van der Waals surface area contributed by atoms with Crippen molar-refractivity contribution < 1.29 is 4.42 Å². The van der Waals surface area contributed by atoms with Crippen LogP contribution in [0, 0.1) is 6.92 Å². The maximum atomic E-state index is 6.26. The molecule has 0 bridgehead atoms. The topological polar surface area (TPSA) is 39.2 Å². The smallest absolute Gasteiger partial charge is 0.125 e. The Kier molecular flexibility index (Phi) is 2.96. The van der Waals surface area contributed by atoms with E-state index < -0.39 is 0 Å². The van der Waals surface area contributed by atoms with Crippen molar-refractivity contribution in [1.82, 2.24) is 0 Å². The summed E-state index contributed by atoms with van der Waals surface area (Å²) in [5.41, 5.74) is 8.84. The standard InChI is InChI=1S/C16H19NO/c1-11-8-9-15(18-11)16(17)14-7-3-6-13(10-14)12-4-2-5-12/h3,6-10,12,16H,2,4-5,17H2,1H3. The molecule has 94 valence electrons. The van der Waals surface area contributed by atoms with Crippen LogP contribution in [-0.2, 0) is 0 Å². The Morgan fingerprint density at radius 1 is 1.22 bits per heavy atom. The number of hydrogen-bond donors (Lipinski definition) is 1. The summed E-state index contributed by atoms with van der Waals surface area (Å²) < 4.78 is 5.62. The number of aryl methyl sites for hydroxylation is 1. The Balaban J connectivity index is 1.86. The summed E-state index contributed by atoms with van der Waals surface area (Å²) in [4.78, 5) is 0. The summed E-state index contributed by atoms with van der Waals surface area (Å²) >= 11 is 0. The summed E-state index contributed by atoms with van der Waals surface area (Å²) in [5.74, 6) is 2.50. The number of hydrogen-bond acceptors (Lipinski definition) is 2. The molecule has 0 amide bonds. The van der Waals surface area contributed by atoms with Gasteiger partial charge in [0.2, 0.25) is 0 Å². The first-order chi connectivity index (χ1) is 8.74. The normalized spacial score (nSPS) is 17.4. The molecule has 1 aliphatic carbocycles. The lowest BCUT2D eigenvalue weighted by Crippen LogP contribution is -2.13. The molecule has 0 radical (unpaired) electrons. The third kappa shape index (κ3) is 2.08. The minimum absolute atomic E-state index is 0.154. The molecule has 1 atom stereocenters. The highest BCUT2D eigenvalue weighted by Gasteiger charge is 2.21. The van der Waals surface area contributed by atoms with Gasteiger partial charge in [-0.1, -0.05) is 30.7 Å². The molecule has 0 spiro atoms. The van der Waals surface area contributed by atoms with E-state index in [2.05, 4.69) is 24.3 Å². The van der Waals surface area contributed by atoms with Crippen LogP contribution in [0.15, 0.2) is 40.8 Å². The molecule has 1 heterocycles. The number of rotatable bonds is 3. The van der Waals surface area contributed by atoms with E-state index in [1.165, 1.54) is 24.8 Å². The lowest BCUT2D eigenvalue weighted by molar-refractivity contribution is 0.419. The van der Waals surface area contributed by atoms with Gasteiger partial charge in [0.05, 0.1) is 6.04 Å². The average Bonchev–Trinajstić information content (AvgIpc) is 2.73. The van der Waals surface area contributed by atoms with Crippen LogP contribution in [0.5, 0.6) is 0 Å². The molecular formula is C16H19NO. The van der Waals surface area contributed by atoms with E-state index in [4.69, 9.17) is 10.2 Å². The zero-order valence-electron chi connectivity index (χ0n) is 10.7. The zero-order valence-corrected chi connectivity index (χ0v) is 10.7. The summed E-state index contributed by atoms with van der Waals surface area (Å²) in [5, 5.41) is 0. The van der Waals surface area contributed by atoms with Crippen LogP contribution < -0.4 is 5.73 Å². The van der Waals surface area contributed by atoms with E-state index in [1.807, 2.05) is 19.1 Å². The van der Waals surface area contributed by atoms with Gasteiger partial charge in [-0.25, -0.2) is 0 Å². The van der Waals surface area contributed by atoms with Crippen molar-refractivity contribution in [1.29, 1.82) is 0 Å². The second-order valence-corrected chi connectivity index (χ2v) is 5.22. The molecular weight excluding hydrogens is 222 g/mol. The molecule has 1 aliphatic rings. The third-order valence-electron chi connectivity index (χ3n) is 3.91. The average molecular weight is 241 g/mol. The Morgan fingerprint density at radius 3 is 2.67 bits per heavy atom. The van der Waals surface area contributed by atoms with Crippen LogP contribution in [0.2, 0.25) is 0 Å². The second-order valence-electron chi connectivity index (χ2n) is 5.22. The molecule has 2 aromatic rings. The van der Waals surface area contributed by atoms with E-state index in [-0.39, 0.29) is 6.04 Å². The first-order valence-corrected chi connectivity index (χ1v) is 6.66. The van der Waals surface area contributed by atoms with Gasteiger partial charge in [-0.15, -0.1) is 0 Å². The molecule has 0 aliphatic heterocycles. The fraction of sp³-hybridized carbons (Fsp3) is 0.375. The van der Waals surface area contributed by atoms with Gasteiger partial charge in [-0.2, -0.15) is 0 Å². The highest BCUT2D eigenvalue weighted by Crippen LogP contribution is 2.37. The Labute approximate surface area is 108 Å². The van der Waals surface area contributed by atoms with Gasteiger partial charge in [0.1, 0.15) is 11.5 Å². The molecule has 1 unspecified atom stereocenters. The lowest BCUT2D eigenvalue weighted by Gasteiger charge is -2.26. The van der Waals surface area contributed by atoms with Gasteiger partial charge in [0, 0.05) is 0 Å². The maximum Gasteiger partial charge on any atom is 0.125 e. The predicted molar refractivity (Wildman–Crippen MR) is 72.5 cm³/mol. The first kappa shape index (κ1) is 11.5. The molecule has 2 nitrogen and oxygen atoms in total. The van der Waals surface area contributed by atoms with E-state index >= 15 is 0 Å². The number of nitrogens with two attached hydrogens (primary N) is 1. The van der Waals surface area contributed by atoms with Crippen LogP contribution in [0.4, 0.5) is 0 Å². The van der Waals surface area contributed by atoms with E-state index in [0.29, 0.717) is 0 Å². The molecule has 1 saturated carbocycles. The summed E-state index contributed by atoms with van der Waals surface area (Å²) in [6.45, 7) is 1.95. The fourth-order valence-electron chi connectivity index (χ4n) is 2.53. The zero-order chi connectivity index (χ0) is 12.5. The molecule has 2 heteroatoms. The lowest BCUT2D eigenvalue weighted by atomic mass is 9.79. The Hall–Kier alpha value is -1.54. The van der Waals surface area contributed by atoms with Crippen LogP contribution >= 0.6 is 0 Å². The number of furan rings is 1. The Morgan fingerprint density at radius 2 is 2.06 bits per heavy atom. The van der Waals surface area contributed by atoms with E-state index in [0.717, 1.165) is 23.0 Å². The van der Waals surface area contributed by atoms with Crippen LogP contribution in [-0.4, -0.2) is 0 Å². The molecule has 3 rings (SSSR count). The van der Waals surface area contributed by atoms with Gasteiger partial charge >= 0.3 is 0 Å². The van der Waals surface area contributed by atoms with Crippen molar-refractivity contribution in [2.45, 2.75) is 38.1 Å². The molecule has 0 saturated heterocycles. The monoisotopic (exact) mass is 241 g/mol. The van der Waals surface area contributed by atoms with Gasteiger partial charge in [-0.05, 0) is 48.9 Å². The highest BCUT2D eigenvalue weighted by molar-refractivity contribution is 5.33. The molecule has 1 aromatic heterocycles. The number of benzene rings is 1. The van der Waals surface area contributed by atoms with Crippen molar-refractivity contribution in [3.8, 4) is 0 Å². The van der Waals surface area contributed by atoms with Crippen molar-refractivity contribution in [3.63, 3.8) is 0 Å². The Bertz CT molecular complexity index is 540. The van der Waals surface area contributed by atoms with Crippen LogP contribution in [0.3, 0.4) is 0 Å². The summed E-state index contributed by atoms with van der Waals surface area (Å²) in [7, 11) is 0. The molecule has 1 fully saturated rings. The largest absolute Gasteiger partial charge is 0.464 e. The SMILES string of the molecule is Cc1ccc(C(N)c2cccc(C3CCC3)c2)o1. The maximum absolute atomic E-state index is 6.26. The summed E-state index contributed by atoms with van der Waals surface area (Å²) in [6.07, 6.45) is 4.00. The molecule has 1 aromatic carbocycles. The molecule has 18 heavy (non-hydrogen) atoms. The van der Waals surface area contributed by atoms with Crippen molar-refractivity contribution in [2.75, 3.05) is 0 Å².